The Hall–Kier alpha value is -3.03. The Labute approximate surface area is 174 Å². The van der Waals surface area contributed by atoms with E-state index < -0.39 is 0 Å². The van der Waals surface area contributed by atoms with Gasteiger partial charge in [0.05, 0.1) is 16.8 Å². The first-order valence-electron chi connectivity index (χ1n) is 10.6. The highest BCUT2D eigenvalue weighted by atomic mass is 19.1. The minimum Gasteiger partial charge on any atom is -0.352 e. The lowest BCUT2D eigenvalue weighted by Gasteiger charge is -2.35. The van der Waals surface area contributed by atoms with E-state index >= 15 is 0 Å². The summed E-state index contributed by atoms with van der Waals surface area (Å²) in [5.74, 6) is 2.07. The third-order valence-electron chi connectivity index (χ3n) is 5.95. The highest BCUT2D eigenvalue weighted by Gasteiger charge is 2.31. The van der Waals surface area contributed by atoms with Gasteiger partial charge in [-0.1, -0.05) is 6.92 Å². The molecule has 5 rings (SSSR count). The number of piperazine rings is 1. The fourth-order valence-electron chi connectivity index (χ4n) is 4.08. The summed E-state index contributed by atoms with van der Waals surface area (Å²) in [6, 6.07) is 6.31. The Morgan fingerprint density at radius 2 is 1.80 bits per heavy atom. The number of halogens is 1. The molecule has 1 amide bonds. The van der Waals surface area contributed by atoms with Crippen LogP contribution in [0.4, 0.5) is 10.2 Å². The van der Waals surface area contributed by atoms with Gasteiger partial charge in [0.25, 0.3) is 0 Å². The first kappa shape index (κ1) is 19.0. The number of carbonyl (C=O) groups excluding carboxylic acids is 1. The van der Waals surface area contributed by atoms with Crippen molar-refractivity contribution in [2.24, 2.45) is 0 Å². The molecule has 0 radical (unpaired) electrons. The molecule has 1 saturated heterocycles. The maximum atomic E-state index is 13.4. The first-order valence-corrected chi connectivity index (χ1v) is 10.6. The highest BCUT2D eigenvalue weighted by molar-refractivity contribution is 5.91. The highest BCUT2D eigenvalue weighted by Crippen LogP contribution is 2.40. The Bertz CT molecular complexity index is 1100. The van der Waals surface area contributed by atoms with Crippen LogP contribution in [-0.2, 0) is 4.79 Å². The van der Waals surface area contributed by atoms with Crippen molar-refractivity contribution < 1.29 is 9.18 Å². The maximum absolute atomic E-state index is 13.4. The number of anilines is 1. The summed E-state index contributed by atoms with van der Waals surface area (Å²) in [5, 5.41) is 5.65. The van der Waals surface area contributed by atoms with Crippen LogP contribution in [0.25, 0.3) is 16.7 Å². The molecule has 1 aliphatic carbocycles. The summed E-state index contributed by atoms with van der Waals surface area (Å²) in [6.45, 7) is 6.73. The molecular formula is C22H25FN6O. The zero-order valence-electron chi connectivity index (χ0n) is 17.3. The average Bonchev–Trinajstić information content (AvgIpc) is 3.57. The minimum atomic E-state index is -0.277. The molecule has 2 aromatic heterocycles. The van der Waals surface area contributed by atoms with Crippen molar-refractivity contribution in [3.63, 3.8) is 0 Å². The molecule has 2 aliphatic rings. The van der Waals surface area contributed by atoms with Crippen LogP contribution >= 0.6 is 0 Å². The first-order chi connectivity index (χ1) is 14.5. The number of amides is 1. The minimum absolute atomic E-state index is 0.196. The van der Waals surface area contributed by atoms with E-state index in [0.29, 0.717) is 25.4 Å². The SMILES string of the molecule is CCC(=O)N1CCN(c2nc(C3CC3)nc3c2c(C)nn3-c2ccc(F)cc2)CC1. The largest absolute Gasteiger partial charge is 0.352 e. The average molecular weight is 408 g/mol. The molecule has 3 heterocycles. The van der Waals surface area contributed by atoms with Gasteiger partial charge in [0.15, 0.2) is 5.65 Å². The van der Waals surface area contributed by atoms with Gasteiger partial charge in [-0.2, -0.15) is 5.10 Å². The van der Waals surface area contributed by atoms with Gasteiger partial charge >= 0.3 is 0 Å². The number of rotatable bonds is 4. The number of carbonyl (C=O) groups is 1. The lowest BCUT2D eigenvalue weighted by atomic mass is 10.2. The summed E-state index contributed by atoms with van der Waals surface area (Å²) >= 11 is 0. The van der Waals surface area contributed by atoms with Gasteiger partial charge in [0, 0.05) is 38.5 Å². The van der Waals surface area contributed by atoms with Crippen LogP contribution in [0.3, 0.4) is 0 Å². The van der Waals surface area contributed by atoms with Crippen LogP contribution in [0.2, 0.25) is 0 Å². The van der Waals surface area contributed by atoms with E-state index in [1.807, 2.05) is 18.7 Å². The second kappa shape index (κ2) is 7.34. The van der Waals surface area contributed by atoms with Crippen LogP contribution in [0.1, 0.15) is 43.6 Å². The van der Waals surface area contributed by atoms with Gasteiger partial charge in [0.1, 0.15) is 17.5 Å². The third-order valence-corrected chi connectivity index (χ3v) is 5.95. The molecule has 0 spiro atoms. The summed E-state index contributed by atoms with van der Waals surface area (Å²) in [6.07, 6.45) is 2.74. The monoisotopic (exact) mass is 408 g/mol. The second-order valence-electron chi connectivity index (χ2n) is 8.07. The standard InChI is InChI=1S/C22H25FN6O/c1-3-18(30)27-10-12-28(13-11-27)21-19-14(2)26-29(17-8-6-16(23)7-9-17)22(19)25-20(24-21)15-4-5-15/h6-9,15H,3-5,10-13H2,1-2H3. The number of aryl methyl sites for hydroxylation is 1. The molecule has 2 fully saturated rings. The van der Waals surface area contributed by atoms with Crippen molar-refractivity contribution in [2.45, 2.75) is 39.0 Å². The number of hydrogen-bond donors (Lipinski definition) is 0. The van der Waals surface area contributed by atoms with Gasteiger partial charge in [0.2, 0.25) is 5.91 Å². The number of benzene rings is 1. The lowest BCUT2D eigenvalue weighted by molar-refractivity contribution is -0.131. The number of fused-ring (bicyclic) bond motifs is 1. The summed E-state index contributed by atoms with van der Waals surface area (Å²) in [4.78, 5) is 26.1. The molecule has 1 saturated carbocycles. The van der Waals surface area contributed by atoms with Crippen molar-refractivity contribution in [1.29, 1.82) is 0 Å². The Kier molecular flexibility index (Phi) is 4.64. The molecule has 0 unspecified atom stereocenters. The van der Waals surface area contributed by atoms with E-state index in [4.69, 9.17) is 15.1 Å². The van der Waals surface area contributed by atoms with Crippen molar-refractivity contribution in [3.8, 4) is 5.69 Å². The van der Waals surface area contributed by atoms with Crippen molar-refractivity contribution in [1.82, 2.24) is 24.6 Å². The molecule has 0 N–H and O–H groups in total. The van der Waals surface area contributed by atoms with E-state index in [-0.39, 0.29) is 11.7 Å². The molecule has 7 nitrogen and oxygen atoms in total. The topological polar surface area (TPSA) is 67.2 Å². The summed E-state index contributed by atoms with van der Waals surface area (Å²) in [5.41, 5.74) is 2.39. The maximum Gasteiger partial charge on any atom is 0.222 e. The van der Waals surface area contributed by atoms with E-state index in [1.165, 1.54) is 12.1 Å². The number of aromatic nitrogens is 4. The van der Waals surface area contributed by atoms with Crippen LogP contribution in [0.5, 0.6) is 0 Å². The van der Waals surface area contributed by atoms with Crippen LogP contribution in [0, 0.1) is 12.7 Å². The fraction of sp³-hybridized carbons (Fsp3) is 0.455. The van der Waals surface area contributed by atoms with Gasteiger partial charge in [-0.3, -0.25) is 4.79 Å². The van der Waals surface area contributed by atoms with E-state index in [1.54, 1.807) is 16.8 Å². The number of nitrogens with zero attached hydrogens (tertiary/aromatic N) is 6. The molecule has 8 heteroatoms. The predicted octanol–water partition coefficient (Wildman–Crippen LogP) is 3.20. The van der Waals surface area contributed by atoms with E-state index in [9.17, 15) is 9.18 Å². The van der Waals surface area contributed by atoms with Crippen molar-refractivity contribution >= 4 is 22.8 Å². The Balaban J connectivity index is 1.58. The van der Waals surface area contributed by atoms with Crippen molar-refractivity contribution in [3.05, 3.63) is 41.6 Å². The van der Waals surface area contributed by atoms with E-state index in [2.05, 4.69) is 4.90 Å². The van der Waals surface area contributed by atoms with Crippen LogP contribution in [0.15, 0.2) is 24.3 Å². The molecule has 0 bridgehead atoms. The molecule has 3 aromatic rings. The lowest BCUT2D eigenvalue weighted by Crippen LogP contribution is -2.49. The quantitative estimate of drug-likeness (QED) is 0.663. The van der Waals surface area contributed by atoms with Crippen LogP contribution < -0.4 is 4.90 Å². The smallest absolute Gasteiger partial charge is 0.222 e. The molecule has 1 aliphatic heterocycles. The van der Waals surface area contributed by atoms with Crippen molar-refractivity contribution in [2.75, 3.05) is 31.1 Å². The normalized spacial score (nSPS) is 17.0. The van der Waals surface area contributed by atoms with Gasteiger partial charge in [-0.25, -0.2) is 19.0 Å². The molecule has 30 heavy (non-hydrogen) atoms. The zero-order valence-corrected chi connectivity index (χ0v) is 17.3. The molecule has 156 valence electrons. The summed E-state index contributed by atoms with van der Waals surface area (Å²) in [7, 11) is 0. The van der Waals surface area contributed by atoms with E-state index in [0.717, 1.165) is 60.0 Å². The molecule has 0 atom stereocenters. The predicted molar refractivity (Wildman–Crippen MR) is 112 cm³/mol. The summed E-state index contributed by atoms with van der Waals surface area (Å²) < 4.78 is 15.2. The van der Waals surface area contributed by atoms with Gasteiger partial charge in [-0.05, 0) is 44.0 Å². The third kappa shape index (κ3) is 3.30. The molecule has 1 aromatic carbocycles. The second-order valence-corrected chi connectivity index (χ2v) is 8.07. The van der Waals surface area contributed by atoms with Gasteiger partial charge in [-0.15, -0.1) is 0 Å². The van der Waals surface area contributed by atoms with Crippen LogP contribution in [-0.4, -0.2) is 56.7 Å². The fourth-order valence-corrected chi connectivity index (χ4v) is 4.08. The molecular weight excluding hydrogens is 383 g/mol. The number of hydrogen-bond acceptors (Lipinski definition) is 5. The Morgan fingerprint density at radius 3 is 2.43 bits per heavy atom. The zero-order chi connectivity index (χ0) is 20.8. The Morgan fingerprint density at radius 1 is 1.10 bits per heavy atom. The van der Waals surface area contributed by atoms with Gasteiger partial charge < -0.3 is 9.80 Å².